The van der Waals surface area contributed by atoms with E-state index in [0.717, 1.165) is 22.5 Å². The summed E-state index contributed by atoms with van der Waals surface area (Å²) in [5, 5.41) is 4.26. The van der Waals surface area contributed by atoms with E-state index in [1.54, 1.807) is 4.68 Å². The van der Waals surface area contributed by atoms with E-state index in [4.69, 9.17) is 18.0 Å². The fourth-order valence-corrected chi connectivity index (χ4v) is 2.19. The number of aromatic nitrogens is 2. The standard InChI is InChI=1S/C14H15N3OS/c1-8-4-9(2)6-11(5-8)17-10(3)7-12(18)13(16-17)14(15)19/h4-7H,1-3H3,(H2,15,19). The van der Waals surface area contributed by atoms with Crippen molar-refractivity contribution in [3.63, 3.8) is 0 Å². The van der Waals surface area contributed by atoms with Crippen molar-refractivity contribution in [1.29, 1.82) is 0 Å². The summed E-state index contributed by atoms with van der Waals surface area (Å²) in [5.74, 6) is 0. The molecule has 5 heteroatoms. The Morgan fingerprint density at radius 3 is 2.26 bits per heavy atom. The summed E-state index contributed by atoms with van der Waals surface area (Å²) in [7, 11) is 0. The molecule has 1 aromatic heterocycles. The predicted octanol–water partition coefficient (Wildman–Crippen LogP) is 1.79. The third-order valence-corrected chi connectivity index (χ3v) is 2.99. The first-order chi connectivity index (χ1) is 8.88. The second-order valence-electron chi connectivity index (χ2n) is 4.62. The maximum atomic E-state index is 11.8. The van der Waals surface area contributed by atoms with Gasteiger partial charge in [0.1, 0.15) is 4.99 Å². The molecule has 4 nitrogen and oxygen atoms in total. The number of aryl methyl sites for hydroxylation is 3. The highest BCUT2D eigenvalue weighted by atomic mass is 32.1. The van der Waals surface area contributed by atoms with E-state index in [-0.39, 0.29) is 16.1 Å². The zero-order valence-corrected chi connectivity index (χ0v) is 11.9. The van der Waals surface area contributed by atoms with Crippen molar-refractivity contribution < 1.29 is 0 Å². The van der Waals surface area contributed by atoms with E-state index in [9.17, 15) is 4.79 Å². The SMILES string of the molecule is Cc1cc(C)cc(-n2nc(C(N)=S)c(=O)cc2C)c1. The minimum Gasteiger partial charge on any atom is -0.388 e. The number of thiocarbonyl (C=S) groups is 1. The van der Waals surface area contributed by atoms with Crippen LogP contribution in [-0.2, 0) is 0 Å². The Labute approximate surface area is 116 Å². The molecule has 0 saturated heterocycles. The summed E-state index contributed by atoms with van der Waals surface area (Å²) in [6.07, 6.45) is 0. The third kappa shape index (κ3) is 2.71. The van der Waals surface area contributed by atoms with Crippen molar-refractivity contribution in [2.75, 3.05) is 0 Å². The number of hydrogen-bond donors (Lipinski definition) is 1. The molecule has 0 saturated carbocycles. The first-order valence-electron chi connectivity index (χ1n) is 5.88. The van der Waals surface area contributed by atoms with Crippen molar-refractivity contribution in [2.45, 2.75) is 20.8 Å². The van der Waals surface area contributed by atoms with Gasteiger partial charge in [0.25, 0.3) is 0 Å². The fraction of sp³-hybridized carbons (Fsp3) is 0.214. The largest absolute Gasteiger partial charge is 0.388 e. The van der Waals surface area contributed by atoms with Gasteiger partial charge >= 0.3 is 0 Å². The van der Waals surface area contributed by atoms with E-state index in [2.05, 4.69) is 11.2 Å². The van der Waals surface area contributed by atoms with E-state index >= 15 is 0 Å². The maximum absolute atomic E-state index is 11.8. The second-order valence-corrected chi connectivity index (χ2v) is 5.06. The lowest BCUT2D eigenvalue weighted by Gasteiger charge is -2.12. The number of nitrogens with zero attached hydrogens (tertiary/aromatic N) is 2. The highest BCUT2D eigenvalue weighted by Crippen LogP contribution is 2.14. The first-order valence-corrected chi connectivity index (χ1v) is 6.29. The first kappa shape index (κ1) is 13.4. The molecule has 0 radical (unpaired) electrons. The normalized spacial score (nSPS) is 10.5. The third-order valence-electron chi connectivity index (χ3n) is 2.79. The van der Waals surface area contributed by atoms with E-state index < -0.39 is 0 Å². The molecule has 2 aromatic rings. The van der Waals surface area contributed by atoms with Gasteiger partial charge in [-0.05, 0) is 44.0 Å². The number of nitrogens with two attached hydrogens (primary N) is 1. The Hall–Kier alpha value is -2.01. The molecule has 19 heavy (non-hydrogen) atoms. The molecule has 0 amide bonds. The van der Waals surface area contributed by atoms with Gasteiger partial charge in [-0.15, -0.1) is 0 Å². The summed E-state index contributed by atoms with van der Waals surface area (Å²) in [4.78, 5) is 11.8. The lowest BCUT2D eigenvalue weighted by atomic mass is 10.1. The van der Waals surface area contributed by atoms with Crippen LogP contribution in [-0.4, -0.2) is 14.8 Å². The van der Waals surface area contributed by atoms with E-state index in [0.29, 0.717) is 0 Å². The van der Waals surface area contributed by atoms with Gasteiger partial charge in [0.15, 0.2) is 5.69 Å². The van der Waals surface area contributed by atoms with Gasteiger partial charge in [-0.3, -0.25) is 4.79 Å². The summed E-state index contributed by atoms with van der Waals surface area (Å²) in [6, 6.07) is 7.58. The average Bonchev–Trinajstić information content (AvgIpc) is 2.26. The maximum Gasteiger partial charge on any atom is 0.210 e. The van der Waals surface area contributed by atoms with Crippen molar-refractivity contribution in [3.8, 4) is 5.69 Å². The zero-order valence-electron chi connectivity index (χ0n) is 11.1. The van der Waals surface area contributed by atoms with Gasteiger partial charge in [-0.25, -0.2) is 4.68 Å². The van der Waals surface area contributed by atoms with Crippen LogP contribution in [0.2, 0.25) is 0 Å². The van der Waals surface area contributed by atoms with Crippen LogP contribution in [0, 0.1) is 20.8 Å². The quantitative estimate of drug-likeness (QED) is 0.847. The minimum absolute atomic E-state index is 0.0168. The monoisotopic (exact) mass is 273 g/mol. The van der Waals surface area contributed by atoms with Crippen LogP contribution in [0.5, 0.6) is 0 Å². The van der Waals surface area contributed by atoms with E-state index in [1.807, 2.05) is 32.9 Å². The van der Waals surface area contributed by atoms with Crippen molar-refractivity contribution >= 4 is 17.2 Å². The summed E-state index contributed by atoms with van der Waals surface area (Å²) in [5.41, 5.74) is 9.31. The highest BCUT2D eigenvalue weighted by Gasteiger charge is 2.10. The van der Waals surface area contributed by atoms with Gasteiger partial charge in [-0.1, -0.05) is 18.3 Å². The van der Waals surface area contributed by atoms with Gasteiger partial charge in [0.2, 0.25) is 5.43 Å². The molecular weight excluding hydrogens is 258 g/mol. The second kappa shape index (κ2) is 4.93. The number of hydrogen-bond acceptors (Lipinski definition) is 3. The van der Waals surface area contributed by atoms with Crippen LogP contribution in [0.15, 0.2) is 29.1 Å². The molecule has 0 aliphatic heterocycles. The molecule has 0 atom stereocenters. The van der Waals surface area contributed by atoms with Crippen molar-refractivity contribution in [2.24, 2.45) is 5.73 Å². The molecule has 0 aliphatic rings. The zero-order chi connectivity index (χ0) is 14.2. The fourth-order valence-electron chi connectivity index (χ4n) is 2.05. The van der Waals surface area contributed by atoms with E-state index in [1.165, 1.54) is 6.07 Å². The average molecular weight is 273 g/mol. The van der Waals surface area contributed by atoms with Gasteiger partial charge in [0.05, 0.1) is 5.69 Å². The van der Waals surface area contributed by atoms with Crippen LogP contribution >= 0.6 is 12.2 Å². The Morgan fingerprint density at radius 2 is 1.74 bits per heavy atom. The Morgan fingerprint density at radius 1 is 1.16 bits per heavy atom. The Kier molecular flexibility index (Phi) is 3.48. The summed E-state index contributed by atoms with van der Waals surface area (Å²) < 4.78 is 1.69. The molecule has 0 spiro atoms. The molecule has 1 aromatic carbocycles. The van der Waals surface area contributed by atoms with Crippen LogP contribution in [0.1, 0.15) is 22.5 Å². The summed E-state index contributed by atoms with van der Waals surface area (Å²) in [6.45, 7) is 5.86. The molecule has 2 rings (SSSR count). The molecule has 0 unspecified atom stereocenters. The topological polar surface area (TPSA) is 60.9 Å². The van der Waals surface area contributed by atoms with Gasteiger partial charge in [-0.2, -0.15) is 5.10 Å². The van der Waals surface area contributed by atoms with Gasteiger partial charge in [0, 0.05) is 11.8 Å². The summed E-state index contributed by atoms with van der Waals surface area (Å²) >= 11 is 4.86. The van der Waals surface area contributed by atoms with Crippen LogP contribution in [0.25, 0.3) is 5.69 Å². The van der Waals surface area contributed by atoms with Crippen LogP contribution in [0.3, 0.4) is 0 Å². The molecule has 0 aliphatic carbocycles. The van der Waals surface area contributed by atoms with Crippen LogP contribution < -0.4 is 11.2 Å². The predicted molar refractivity (Wildman–Crippen MR) is 79.9 cm³/mol. The smallest absolute Gasteiger partial charge is 0.210 e. The number of benzene rings is 1. The molecule has 0 fully saturated rings. The van der Waals surface area contributed by atoms with Crippen molar-refractivity contribution in [1.82, 2.24) is 9.78 Å². The van der Waals surface area contributed by atoms with Gasteiger partial charge < -0.3 is 5.73 Å². The Bertz CT molecular complexity index is 699. The minimum atomic E-state index is -0.245. The molecular formula is C14H15N3OS. The Balaban J connectivity index is 2.71. The van der Waals surface area contributed by atoms with Crippen molar-refractivity contribution in [3.05, 3.63) is 57.0 Å². The number of rotatable bonds is 2. The highest BCUT2D eigenvalue weighted by molar-refractivity contribution is 7.80. The molecule has 0 bridgehead atoms. The lowest BCUT2D eigenvalue weighted by molar-refractivity contribution is 0.792. The van der Waals surface area contributed by atoms with Crippen LogP contribution in [0.4, 0.5) is 0 Å². The molecule has 2 N–H and O–H groups in total. The lowest BCUT2D eigenvalue weighted by Crippen LogP contribution is -2.26. The molecule has 1 heterocycles. The molecule has 98 valence electrons.